The number of carbonyl (C=O) groups excluding carboxylic acids is 1. The van der Waals surface area contributed by atoms with Crippen LogP contribution in [0.2, 0.25) is 0 Å². The van der Waals surface area contributed by atoms with Crippen LogP contribution in [0.5, 0.6) is 0 Å². The summed E-state index contributed by atoms with van der Waals surface area (Å²) in [6.45, 7) is 2.28. The third-order valence-corrected chi connectivity index (χ3v) is 1.47. The van der Waals surface area contributed by atoms with Gasteiger partial charge < -0.3 is 4.84 Å². The van der Waals surface area contributed by atoms with Crippen LogP contribution >= 0.6 is 0 Å². The second kappa shape index (κ2) is 5.09. The zero-order valence-electron chi connectivity index (χ0n) is 7.43. The van der Waals surface area contributed by atoms with Gasteiger partial charge in [-0.1, -0.05) is 35.5 Å². The van der Waals surface area contributed by atoms with Gasteiger partial charge in [-0.25, -0.2) is 0 Å². The molecular formula is C10H11NO2. The molecule has 0 amide bonds. The van der Waals surface area contributed by atoms with Crippen molar-refractivity contribution in [2.45, 2.75) is 6.92 Å². The fourth-order valence-corrected chi connectivity index (χ4v) is 0.885. The molecule has 0 saturated carbocycles. The highest BCUT2D eigenvalue weighted by atomic mass is 16.6. The lowest BCUT2D eigenvalue weighted by atomic mass is 10.1. The maximum Gasteiger partial charge on any atom is 0.172 e. The maximum absolute atomic E-state index is 10.6. The van der Waals surface area contributed by atoms with Crippen molar-refractivity contribution in [1.82, 2.24) is 0 Å². The first-order valence-corrected chi connectivity index (χ1v) is 4.09. The molecule has 0 unspecified atom stereocenters. The van der Waals surface area contributed by atoms with Crippen molar-refractivity contribution < 1.29 is 9.63 Å². The minimum atomic E-state index is 0.322. The standard InChI is InChI=1S/C10H11NO2/c1-2-13-11-10(8-12)9-6-4-3-5-7-9/h3-8H,2H2,1H3. The minimum Gasteiger partial charge on any atom is -0.396 e. The second-order valence-electron chi connectivity index (χ2n) is 2.38. The van der Waals surface area contributed by atoms with Crippen molar-refractivity contribution in [3.8, 4) is 0 Å². The molecule has 1 aromatic carbocycles. The topological polar surface area (TPSA) is 38.7 Å². The summed E-state index contributed by atoms with van der Waals surface area (Å²) < 4.78 is 0. The maximum atomic E-state index is 10.6. The zero-order chi connectivity index (χ0) is 9.52. The Labute approximate surface area is 77.0 Å². The van der Waals surface area contributed by atoms with Gasteiger partial charge in [-0.05, 0) is 6.92 Å². The van der Waals surface area contributed by atoms with Gasteiger partial charge in [-0.3, -0.25) is 4.79 Å². The molecular weight excluding hydrogens is 166 g/mol. The molecule has 0 heterocycles. The van der Waals surface area contributed by atoms with E-state index in [-0.39, 0.29) is 0 Å². The summed E-state index contributed by atoms with van der Waals surface area (Å²) in [5.74, 6) is 0. The molecule has 13 heavy (non-hydrogen) atoms. The van der Waals surface area contributed by atoms with Crippen LogP contribution in [0.1, 0.15) is 12.5 Å². The molecule has 1 rings (SSSR count). The molecule has 0 aliphatic carbocycles. The van der Waals surface area contributed by atoms with E-state index in [1.165, 1.54) is 0 Å². The Morgan fingerprint density at radius 3 is 2.69 bits per heavy atom. The Morgan fingerprint density at radius 2 is 2.15 bits per heavy atom. The van der Waals surface area contributed by atoms with Crippen LogP contribution in [0.25, 0.3) is 0 Å². The van der Waals surface area contributed by atoms with E-state index in [1.807, 2.05) is 37.3 Å². The van der Waals surface area contributed by atoms with E-state index in [9.17, 15) is 4.79 Å². The predicted octanol–water partition coefficient (Wildman–Crippen LogP) is 1.63. The Bertz CT molecular complexity index is 293. The smallest absolute Gasteiger partial charge is 0.172 e. The van der Waals surface area contributed by atoms with Gasteiger partial charge in [-0.15, -0.1) is 0 Å². The number of carbonyl (C=O) groups is 1. The van der Waals surface area contributed by atoms with Gasteiger partial charge in [0, 0.05) is 5.56 Å². The molecule has 0 N–H and O–H groups in total. The van der Waals surface area contributed by atoms with E-state index in [2.05, 4.69) is 5.16 Å². The fraction of sp³-hybridized carbons (Fsp3) is 0.200. The molecule has 0 saturated heterocycles. The summed E-state index contributed by atoms with van der Waals surface area (Å²) in [5.41, 5.74) is 1.09. The van der Waals surface area contributed by atoms with Crippen molar-refractivity contribution in [2.24, 2.45) is 5.16 Å². The largest absolute Gasteiger partial charge is 0.396 e. The van der Waals surface area contributed by atoms with E-state index in [4.69, 9.17) is 4.84 Å². The first-order chi connectivity index (χ1) is 6.38. The van der Waals surface area contributed by atoms with Crippen molar-refractivity contribution in [3.63, 3.8) is 0 Å². The Hall–Kier alpha value is -1.64. The first kappa shape index (κ1) is 9.45. The quantitative estimate of drug-likeness (QED) is 0.398. The Morgan fingerprint density at radius 1 is 1.46 bits per heavy atom. The highest BCUT2D eigenvalue weighted by Gasteiger charge is 2.00. The van der Waals surface area contributed by atoms with Gasteiger partial charge in [0.25, 0.3) is 0 Å². The van der Waals surface area contributed by atoms with Crippen LogP contribution in [0, 0.1) is 0 Å². The average molecular weight is 177 g/mol. The van der Waals surface area contributed by atoms with Crippen molar-refractivity contribution >= 4 is 12.0 Å². The molecule has 0 bridgehead atoms. The Kier molecular flexibility index (Phi) is 3.70. The van der Waals surface area contributed by atoms with Crippen LogP contribution in [0.4, 0.5) is 0 Å². The third kappa shape index (κ3) is 2.71. The number of hydrogen-bond acceptors (Lipinski definition) is 3. The molecule has 0 radical (unpaired) electrons. The van der Waals surface area contributed by atoms with Crippen LogP contribution in [-0.4, -0.2) is 18.6 Å². The number of aldehydes is 1. The van der Waals surface area contributed by atoms with Crippen LogP contribution in [-0.2, 0) is 9.63 Å². The molecule has 0 aliphatic heterocycles. The van der Waals surface area contributed by atoms with Crippen molar-refractivity contribution in [3.05, 3.63) is 35.9 Å². The van der Waals surface area contributed by atoms with Crippen molar-refractivity contribution in [2.75, 3.05) is 6.61 Å². The van der Waals surface area contributed by atoms with Crippen LogP contribution in [0.3, 0.4) is 0 Å². The van der Waals surface area contributed by atoms with Gasteiger partial charge in [0.1, 0.15) is 12.3 Å². The van der Waals surface area contributed by atoms with E-state index in [1.54, 1.807) is 0 Å². The molecule has 3 nitrogen and oxygen atoms in total. The lowest BCUT2D eigenvalue weighted by molar-refractivity contribution is -0.102. The number of benzene rings is 1. The van der Waals surface area contributed by atoms with E-state index < -0.39 is 0 Å². The molecule has 0 spiro atoms. The summed E-state index contributed by atoms with van der Waals surface area (Å²) >= 11 is 0. The number of oxime groups is 1. The van der Waals surface area contributed by atoms with E-state index in [0.717, 1.165) is 5.56 Å². The van der Waals surface area contributed by atoms with Crippen LogP contribution in [0.15, 0.2) is 35.5 Å². The molecule has 3 heteroatoms. The summed E-state index contributed by atoms with van der Waals surface area (Å²) in [6.07, 6.45) is 0.686. The molecule has 1 aromatic rings. The lowest BCUT2D eigenvalue weighted by Gasteiger charge is -1.97. The number of hydrogen-bond donors (Lipinski definition) is 0. The molecule has 0 aromatic heterocycles. The summed E-state index contributed by atoms with van der Waals surface area (Å²) in [4.78, 5) is 15.4. The third-order valence-electron chi connectivity index (χ3n) is 1.47. The zero-order valence-corrected chi connectivity index (χ0v) is 7.43. The molecule has 68 valence electrons. The van der Waals surface area contributed by atoms with Crippen molar-refractivity contribution in [1.29, 1.82) is 0 Å². The van der Waals surface area contributed by atoms with Crippen LogP contribution < -0.4 is 0 Å². The van der Waals surface area contributed by atoms with E-state index in [0.29, 0.717) is 18.6 Å². The summed E-state index contributed by atoms with van der Waals surface area (Å²) in [6, 6.07) is 9.20. The molecule has 0 aliphatic rings. The van der Waals surface area contributed by atoms with Gasteiger partial charge in [0.05, 0.1) is 0 Å². The second-order valence-corrected chi connectivity index (χ2v) is 2.38. The lowest BCUT2D eigenvalue weighted by Crippen LogP contribution is -2.02. The van der Waals surface area contributed by atoms with Gasteiger partial charge >= 0.3 is 0 Å². The van der Waals surface area contributed by atoms with Gasteiger partial charge in [-0.2, -0.15) is 0 Å². The fourth-order valence-electron chi connectivity index (χ4n) is 0.885. The van der Waals surface area contributed by atoms with Gasteiger partial charge in [0.2, 0.25) is 0 Å². The highest BCUT2D eigenvalue weighted by molar-refractivity contribution is 6.36. The normalized spacial score (nSPS) is 11.0. The number of rotatable bonds is 4. The summed E-state index contributed by atoms with van der Waals surface area (Å²) in [5, 5.41) is 3.68. The molecule has 0 fully saturated rings. The minimum absolute atomic E-state index is 0.322. The number of nitrogens with zero attached hydrogens (tertiary/aromatic N) is 1. The Balaban J connectivity index is 2.84. The highest BCUT2D eigenvalue weighted by Crippen LogP contribution is 1.99. The molecule has 0 atom stereocenters. The van der Waals surface area contributed by atoms with E-state index >= 15 is 0 Å². The van der Waals surface area contributed by atoms with Gasteiger partial charge in [0.15, 0.2) is 6.29 Å². The SMILES string of the molecule is CCON=C(C=O)c1ccccc1. The monoisotopic (exact) mass is 177 g/mol. The predicted molar refractivity (Wildman–Crippen MR) is 50.7 cm³/mol. The average Bonchev–Trinajstić information content (AvgIpc) is 2.21. The first-order valence-electron chi connectivity index (χ1n) is 4.09. The summed E-state index contributed by atoms with van der Waals surface area (Å²) in [7, 11) is 0.